The van der Waals surface area contributed by atoms with Gasteiger partial charge < -0.3 is 26.0 Å². The highest BCUT2D eigenvalue weighted by molar-refractivity contribution is 8.00. The molecule has 11 nitrogen and oxygen atoms in total. The first kappa shape index (κ1) is 23.2. The van der Waals surface area contributed by atoms with Crippen LogP contribution in [0.1, 0.15) is 12.6 Å². The van der Waals surface area contributed by atoms with E-state index in [1.54, 1.807) is 19.3 Å². The topological polar surface area (TPSA) is 140 Å². The minimum atomic E-state index is -0.440. The molecule has 0 saturated carbocycles. The molecule has 0 aromatic carbocycles. The van der Waals surface area contributed by atoms with Crippen LogP contribution in [0, 0.1) is 0 Å². The van der Waals surface area contributed by atoms with Crippen LogP contribution in [0.4, 0.5) is 11.8 Å². The first-order valence-electron chi connectivity index (χ1n) is 11.7. The van der Waals surface area contributed by atoms with E-state index in [0.29, 0.717) is 24.3 Å². The maximum atomic E-state index is 12.2. The highest BCUT2D eigenvalue weighted by Gasteiger charge is 2.33. The van der Waals surface area contributed by atoms with Gasteiger partial charge >= 0.3 is 0 Å². The quantitative estimate of drug-likeness (QED) is 0.585. The van der Waals surface area contributed by atoms with Gasteiger partial charge in [-0.15, -0.1) is 11.8 Å². The highest BCUT2D eigenvalue weighted by Crippen LogP contribution is 2.43. The van der Waals surface area contributed by atoms with E-state index < -0.39 is 6.04 Å². The zero-order chi connectivity index (χ0) is 23.7. The number of nitrogens with two attached hydrogens (primary N) is 2. The predicted octanol–water partition coefficient (Wildman–Crippen LogP) is -0.139. The van der Waals surface area contributed by atoms with Gasteiger partial charge in [-0.3, -0.25) is 9.69 Å². The maximum Gasteiger partial charge on any atom is 0.239 e. The number of aromatic nitrogens is 4. The fourth-order valence-electron chi connectivity index (χ4n) is 4.57. The second-order valence-corrected chi connectivity index (χ2v) is 10.2. The van der Waals surface area contributed by atoms with Crippen molar-refractivity contribution < 1.29 is 9.53 Å². The number of hydrogen-bond donors (Lipinski definition) is 2. The fourth-order valence-corrected chi connectivity index (χ4v) is 5.97. The molecule has 2 aromatic rings. The lowest BCUT2D eigenvalue weighted by Crippen LogP contribution is -2.53. The van der Waals surface area contributed by atoms with Crippen molar-refractivity contribution in [3.63, 3.8) is 0 Å². The fraction of sp³-hybridized carbons (Fsp3) is 0.591. The molecule has 1 amide bonds. The second kappa shape index (κ2) is 9.98. The molecule has 2 atom stereocenters. The van der Waals surface area contributed by atoms with Gasteiger partial charge in [-0.25, -0.2) is 19.9 Å². The summed E-state index contributed by atoms with van der Waals surface area (Å²) in [6, 6.07) is -0.440. The molecular formula is C22H31N9O2S. The Morgan fingerprint density at radius 3 is 2.53 bits per heavy atom. The van der Waals surface area contributed by atoms with E-state index in [1.165, 1.54) is 0 Å². The van der Waals surface area contributed by atoms with Crippen molar-refractivity contribution in [2.24, 2.45) is 5.73 Å². The number of carbonyl (C=O) groups excluding carboxylic acids is 1. The molecular weight excluding hydrogens is 454 g/mol. The zero-order valence-electron chi connectivity index (χ0n) is 19.4. The third-order valence-corrected chi connectivity index (χ3v) is 7.70. The molecule has 3 aliphatic heterocycles. The average Bonchev–Trinajstić information content (AvgIpc) is 3.26. The number of thioether (sulfide) groups is 1. The van der Waals surface area contributed by atoms with Gasteiger partial charge in [0, 0.05) is 69.9 Å². The summed E-state index contributed by atoms with van der Waals surface area (Å²) in [4.78, 5) is 38.0. The summed E-state index contributed by atoms with van der Waals surface area (Å²) in [6.45, 7) is 8.88. The van der Waals surface area contributed by atoms with Crippen molar-refractivity contribution in [2.75, 3.05) is 69.7 Å². The molecule has 12 heteroatoms. The zero-order valence-corrected chi connectivity index (χ0v) is 20.2. The van der Waals surface area contributed by atoms with E-state index in [0.717, 1.165) is 74.2 Å². The predicted molar refractivity (Wildman–Crippen MR) is 131 cm³/mol. The summed E-state index contributed by atoms with van der Waals surface area (Å²) in [5.74, 6) is 1.87. The SMILES string of the molecule is C[C@H](N)C(=O)N1CCN(CC2Cc3nc(-c4cnc(N)nc4)nc(N4CCOCC4)c3S2)CC1. The number of anilines is 2. The van der Waals surface area contributed by atoms with Crippen LogP contribution >= 0.6 is 11.8 Å². The molecule has 3 aliphatic rings. The number of piperazine rings is 1. The van der Waals surface area contributed by atoms with E-state index in [1.807, 2.05) is 16.7 Å². The summed E-state index contributed by atoms with van der Waals surface area (Å²) in [7, 11) is 0. The standard InChI is InChI=1S/C22H31N9O2S/c1-14(23)21(32)31-4-2-29(3-5-31)13-16-10-17-18(34-16)20(30-6-8-33-9-7-30)28-19(27-17)15-11-25-22(24)26-12-15/h11-12,14,16H,2-10,13,23H2,1H3,(H2,24,25,26)/t14-,16?/m0/s1. The lowest BCUT2D eigenvalue weighted by atomic mass is 10.2. The van der Waals surface area contributed by atoms with Gasteiger partial charge in [-0.1, -0.05) is 0 Å². The average molecular weight is 486 g/mol. The van der Waals surface area contributed by atoms with E-state index in [4.69, 9.17) is 26.2 Å². The number of morpholine rings is 1. The van der Waals surface area contributed by atoms with Crippen LogP contribution in [0.5, 0.6) is 0 Å². The number of nitrogen functional groups attached to an aromatic ring is 1. The first-order valence-corrected chi connectivity index (χ1v) is 12.6. The minimum absolute atomic E-state index is 0.0342. The van der Waals surface area contributed by atoms with E-state index in [-0.39, 0.29) is 11.9 Å². The van der Waals surface area contributed by atoms with Crippen LogP contribution in [-0.2, 0) is 16.0 Å². The summed E-state index contributed by atoms with van der Waals surface area (Å²) in [6.07, 6.45) is 4.23. The van der Waals surface area contributed by atoms with E-state index in [2.05, 4.69) is 19.8 Å². The Bertz CT molecular complexity index is 1020. The summed E-state index contributed by atoms with van der Waals surface area (Å²) in [5.41, 5.74) is 13.3. The molecule has 0 aliphatic carbocycles. The molecule has 182 valence electrons. The lowest BCUT2D eigenvalue weighted by Gasteiger charge is -2.36. The number of carbonyl (C=O) groups is 1. The van der Waals surface area contributed by atoms with Gasteiger partial charge in [0.05, 0.1) is 35.4 Å². The number of ether oxygens (including phenoxy) is 1. The number of fused-ring (bicyclic) bond motifs is 1. The molecule has 2 saturated heterocycles. The number of nitrogens with zero attached hydrogens (tertiary/aromatic N) is 7. The lowest BCUT2D eigenvalue weighted by molar-refractivity contribution is -0.133. The Hall–Kier alpha value is -2.54. The van der Waals surface area contributed by atoms with Gasteiger partial charge in [0.1, 0.15) is 5.82 Å². The van der Waals surface area contributed by atoms with Crippen molar-refractivity contribution >= 4 is 29.4 Å². The Morgan fingerprint density at radius 1 is 1.15 bits per heavy atom. The minimum Gasteiger partial charge on any atom is -0.378 e. The monoisotopic (exact) mass is 485 g/mol. The molecule has 2 aromatic heterocycles. The molecule has 2 fully saturated rings. The Labute approximate surface area is 203 Å². The van der Waals surface area contributed by atoms with Crippen molar-refractivity contribution in [1.82, 2.24) is 29.7 Å². The van der Waals surface area contributed by atoms with Crippen molar-refractivity contribution in [3.8, 4) is 11.4 Å². The molecule has 4 N–H and O–H groups in total. The maximum absolute atomic E-state index is 12.2. The van der Waals surface area contributed by atoms with Crippen LogP contribution in [0.2, 0.25) is 0 Å². The van der Waals surface area contributed by atoms with Crippen LogP contribution in [0.25, 0.3) is 11.4 Å². The van der Waals surface area contributed by atoms with E-state index >= 15 is 0 Å². The van der Waals surface area contributed by atoms with Crippen LogP contribution < -0.4 is 16.4 Å². The molecule has 0 spiro atoms. The smallest absolute Gasteiger partial charge is 0.239 e. The first-order chi connectivity index (χ1) is 16.5. The van der Waals surface area contributed by atoms with Gasteiger partial charge in [-0.2, -0.15) is 0 Å². The van der Waals surface area contributed by atoms with Gasteiger partial charge in [0.15, 0.2) is 5.82 Å². The molecule has 0 bridgehead atoms. The van der Waals surface area contributed by atoms with Crippen LogP contribution in [0.15, 0.2) is 17.3 Å². The number of hydrogen-bond acceptors (Lipinski definition) is 11. The molecule has 34 heavy (non-hydrogen) atoms. The molecule has 5 rings (SSSR count). The van der Waals surface area contributed by atoms with Crippen molar-refractivity contribution in [2.45, 2.75) is 29.5 Å². The molecule has 5 heterocycles. The van der Waals surface area contributed by atoms with Gasteiger partial charge in [0.2, 0.25) is 11.9 Å². The summed E-state index contributed by atoms with van der Waals surface area (Å²) >= 11 is 1.87. The van der Waals surface area contributed by atoms with Gasteiger partial charge in [-0.05, 0) is 6.92 Å². The Kier molecular flexibility index (Phi) is 6.82. The van der Waals surface area contributed by atoms with E-state index in [9.17, 15) is 4.79 Å². The van der Waals surface area contributed by atoms with Crippen molar-refractivity contribution in [1.29, 1.82) is 0 Å². The third kappa shape index (κ3) is 4.95. The summed E-state index contributed by atoms with van der Waals surface area (Å²) < 4.78 is 5.56. The summed E-state index contributed by atoms with van der Waals surface area (Å²) in [5, 5.41) is 0.387. The molecule has 1 unspecified atom stereocenters. The largest absolute Gasteiger partial charge is 0.378 e. The number of rotatable bonds is 5. The second-order valence-electron chi connectivity index (χ2n) is 8.93. The highest BCUT2D eigenvalue weighted by atomic mass is 32.2. The third-order valence-electron chi connectivity index (χ3n) is 6.40. The van der Waals surface area contributed by atoms with Crippen LogP contribution in [-0.4, -0.2) is 106 Å². The molecule has 0 radical (unpaired) electrons. The normalized spacial score (nSPS) is 22.0. The van der Waals surface area contributed by atoms with Crippen LogP contribution in [0.3, 0.4) is 0 Å². The number of amides is 1. The van der Waals surface area contributed by atoms with Crippen molar-refractivity contribution in [3.05, 3.63) is 18.1 Å². The Morgan fingerprint density at radius 2 is 1.85 bits per heavy atom. The van der Waals surface area contributed by atoms with Gasteiger partial charge in [0.25, 0.3) is 0 Å². The Balaban J connectivity index is 1.32.